The molecule has 7 heteroatoms. The second kappa shape index (κ2) is 9.94. The zero-order chi connectivity index (χ0) is 22.3. The van der Waals surface area contributed by atoms with Gasteiger partial charge >= 0.3 is 0 Å². The Morgan fingerprint density at radius 2 is 1.75 bits per heavy atom. The van der Waals surface area contributed by atoms with Crippen molar-refractivity contribution in [1.82, 2.24) is 15.1 Å². The molecule has 6 nitrogen and oxygen atoms in total. The number of carbonyl (C=O) groups is 2. The van der Waals surface area contributed by atoms with Crippen molar-refractivity contribution < 1.29 is 14.3 Å². The van der Waals surface area contributed by atoms with E-state index in [2.05, 4.69) is 10.4 Å². The van der Waals surface area contributed by atoms with Crippen molar-refractivity contribution in [3.63, 3.8) is 0 Å². The molecule has 4 rings (SSSR count). The Bertz CT molecular complexity index is 1240. The van der Waals surface area contributed by atoms with Gasteiger partial charge in [-0.15, -0.1) is 0 Å². The van der Waals surface area contributed by atoms with Crippen molar-refractivity contribution in [2.75, 3.05) is 6.61 Å². The van der Waals surface area contributed by atoms with E-state index in [1.807, 2.05) is 42.5 Å². The molecule has 0 aliphatic carbocycles. The van der Waals surface area contributed by atoms with Crippen molar-refractivity contribution >= 4 is 23.3 Å². The number of nitrogens with one attached hydrogen (secondary N) is 1. The molecule has 1 N–H and O–H groups in total. The van der Waals surface area contributed by atoms with Gasteiger partial charge in [-0.25, -0.2) is 4.68 Å². The van der Waals surface area contributed by atoms with Crippen molar-refractivity contribution in [3.8, 4) is 11.4 Å². The average molecular weight is 446 g/mol. The molecule has 0 aliphatic heterocycles. The molecule has 4 aromatic rings. The van der Waals surface area contributed by atoms with Crippen molar-refractivity contribution in [2.24, 2.45) is 0 Å². The summed E-state index contributed by atoms with van der Waals surface area (Å²) in [6, 6.07) is 23.6. The minimum absolute atomic E-state index is 0.214. The molecule has 0 fully saturated rings. The fourth-order valence-electron chi connectivity index (χ4n) is 3.14. The highest BCUT2D eigenvalue weighted by Crippen LogP contribution is 2.22. The van der Waals surface area contributed by atoms with E-state index < -0.39 is 0 Å². The number of halogens is 1. The average Bonchev–Trinajstić information content (AvgIpc) is 3.32. The number of ether oxygens (including phenoxy) is 1. The Morgan fingerprint density at radius 1 is 0.969 bits per heavy atom. The van der Waals surface area contributed by atoms with Crippen molar-refractivity contribution in [3.05, 3.63) is 113 Å². The Kier molecular flexibility index (Phi) is 6.63. The maximum absolute atomic E-state index is 13.1. The van der Waals surface area contributed by atoms with Gasteiger partial charge in [0.05, 0.1) is 23.0 Å². The molecule has 0 unspecified atom stereocenters. The van der Waals surface area contributed by atoms with Crippen LogP contribution < -0.4 is 10.1 Å². The summed E-state index contributed by atoms with van der Waals surface area (Å²) in [5.74, 6) is -0.200. The number of amides is 1. The van der Waals surface area contributed by atoms with E-state index in [1.165, 1.54) is 6.20 Å². The topological polar surface area (TPSA) is 73.2 Å². The lowest BCUT2D eigenvalue weighted by molar-refractivity contribution is -0.123. The quantitative estimate of drug-likeness (QED) is 0.406. The molecule has 160 valence electrons. The number of benzene rings is 3. The van der Waals surface area contributed by atoms with E-state index in [0.29, 0.717) is 28.4 Å². The van der Waals surface area contributed by atoms with Crippen LogP contribution in [-0.2, 0) is 11.3 Å². The van der Waals surface area contributed by atoms with Crippen LogP contribution >= 0.6 is 11.6 Å². The molecule has 1 heterocycles. The molecule has 0 bridgehead atoms. The van der Waals surface area contributed by atoms with Gasteiger partial charge in [0.1, 0.15) is 5.75 Å². The molecule has 0 spiro atoms. The number of rotatable bonds is 8. The lowest BCUT2D eigenvalue weighted by Gasteiger charge is -2.11. The van der Waals surface area contributed by atoms with Gasteiger partial charge in [-0.2, -0.15) is 5.10 Å². The molecule has 1 amide bonds. The van der Waals surface area contributed by atoms with Gasteiger partial charge in [0, 0.05) is 17.8 Å². The van der Waals surface area contributed by atoms with E-state index in [-0.39, 0.29) is 18.3 Å². The van der Waals surface area contributed by atoms with E-state index >= 15 is 0 Å². The Labute approximate surface area is 190 Å². The lowest BCUT2D eigenvalue weighted by atomic mass is 10.1. The Hall–Kier alpha value is -3.90. The number of aromatic nitrogens is 2. The minimum atomic E-state index is -0.302. The van der Waals surface area contributed by atoms with E-state index in [4.69, 9.17) is 16.3 Å². The third-order valence-electron chi connectivity index (χ3n) is 4.73. The monoisotopic (exact) mass is 445 g/mol. The Morgan fingerprint density at radius 3 is 2.56 bits per heavy atom. The molecule has 0 atom stereocenters. The standard InChI is InChI=1S/C25H20ClN3O3/c26-20-8-6-7-18(13-20)14-27-24(30)17-32-23-12-5-4-11-22(23)25(31)19-15-28-29(16-19)21-9-2-1-3-10-21/h1-13,15-16H,14,17H2,(H,27,30). The largest absolute Gasteiger partial charge is 0.483 e. The maximum atomic E-state index is 13.1. The zero-order valence-electron chi connectivity index (χ0n) is 17.1. The highest BCUT2D eigenvalue weighted by Gasteiger charge is 2.17. The van der Waals surface area contributed by atoms with E-state index in [1.54, 1.807) is 47.3 Å². The van der Waals surface area contributed by atoms with Crippen LogP contribution in [0.15, 0.2) is 91.3 Å². The molecule has 0 saturated carbocycles. The van der Waals surface area contributed by atoms with Crippen LogP contribution in [-0.4, -0.2) is 28.1 Å². The molecule has 0 aliphatic rings. The summed E-state index contributed by atoms with van der Waals surface area (Å²) < 4.78 is 7.30. The van der Waals surface area contributed by atoms with Crippen molar-refractivity contribution in [1.29, 1.82) is 0 Å². The summed E-state index contributed by atoms with van der Waals surface area (Å²) in [5.41, 5.74) is 2.53. The number of carbonyl (C=O) groups excluding carboxylic acids is 2. The molecule has 32 heavy (non-hydrogen) atoms. The minimum Gasteiger partial charge on any atom is -0.483 e. The number of para-hydroxylation sites is 2. The van der Waals surface area contributed by atoms with Crippen LogP contribution in [0.4, 0.5) is 0 Å². The molecule has 0 radical (unpaired) electrons. The van der Waals surface area contributed by atoms with Gasteiger partial charge in [-0.3, -0.25) is 9.59 Å². The summed E-state index contributed by atoms with van der Waals surface area (Å²) in [4.78, 5) is 25.3. The van der Waals surface area contributed by atoms with Crippen LogP contribution in [0.2, 0.25) is 5.02 Å². The van der Waals surface area contributed by atoms with Gasteiger partial charge in [-0.1, -0.05) is 54.1 Å². The molecular weight excluding hydrogens is 426 g/mol. The lowest BCUT2D eigenvalue weighted by Crippen LogP contribution is -2.28. The Balaban J connectivity index is 1.41. The fourth-order valence-corrected chi connectivity index (χ4v) is 3.35. The van der Waals surface area contributed by atoms with Gasteiger partial charge in [-0.05, 0) is 42.0 Å². The predicted octanol–water partition coefficient (Wildman–Crippen LogP) is 4.45. The SMILES string of the molecule is O=C(COc1ccccc1C(=O)c1cnn(-c2ccccc2)c1)NCc1cccc(Cl)c1. The number of hydrogen-bond acceptors (Lipinski definition) is 4. The second-order valence-electron chi connectivity index (χ2n) is 7.03. The smallest absolute Gasteiger partial charge is 0.258 e. The summed E-state index contributed by atoms with van der Waals surface area (Å²) >= 11 is 5.96. The van der Waals surface area contributed by atoms with Crippen LogP contribution in [0, 0.1) is 0 Å². The van der Waals surface area contributed by atoms with Crippen LogP contribution in [0.25, 0.3) is 5.69 Å². The highest BCUT2D eigenvalue weighted by molar-refractivity contribution is 6.30. The summed E-state index contributed by atoms with van der Waals surface area (Å²) in [5, 5.41) is 7.66. The first-order valence-corrected chi connectivity index (χ1v) is 10.4. The number of hydrogen-bond donors (Lipinski definition) is 1. The maximum Gasteiger partial charge on any atom is 0.258 e. The molecule has 3 aromatic carbocycles. The van der Waals surface area contributed by atoms with Gasteiger partial charge in [0.15, 0.2) is 12.4 Å². The summed E-state index contributed by atoms with van der Waals surface area (Å²) in [6.45, 7) is 0.121. The fraction of sp³-hybridized carbons (Fsp3) is 0.0800. The van der Waals surface area contributed by atoms with Gasteiger partial charge < -0.3 is 10.1 Å². The number of nitrogens with zero attached hydrogens (tertiary/aromatic N) is 2. The predicted molar refractivity (Wildman–Crippen MR) is 122 cm³/mol. The molecule has 1 aromatic heterocycles. The first-order valence-electron chi connectivity index (χ1n) is 9.98. The zero-order valence-corrected chi connectivity index (χ0v) is 17.8. The summed E-state index contributed by atoms with van der Waals surface area (Å²) in [6.07, 6.45) is 3.19. The molecular formula is C25H20ClN3O3. The van der Waals surface area contributed by atoms with E-state index in [9.17, 15) is 9.59 Å². The van der Waals surface area contributed by atoms with Gasteiger partial charge in [0.2, 0.25) is 0 Å². The third-order valence-corrected chi connectivity index (χ3v) is 4.97. The van der Waals surface area contributed by atoms with Gasteiger partial charge in [0.25, 0.3) is 5.91 Å². The normalized spacial score (nSPS) is 10.5. The van der Waals surface area contributed by atoms with E-state index in [0.717, 1.165) is 11.3 Å². The van der Waals surface area contributed by atoms with Crippen molar-refractivity contribution in [2.45, 2.75) is 6.54 Å². The van der Waals surface area contributed by atoms with Crippen LogP contribution in [0.5, 0.6) is 5.75 Å². The third kappa shape index (κ3) is 5.22. The highest BCUT2D eigenvalue weighted by atomic mass is 35.5. The van der Waals surface area contributed by atoms with Crippen LogP contribution in [0.1, 0.15) is 21.5 Å². The first-order chi connectivity index (χ1) is 15.6. The first kappa shape index (κ1) is 21.3. The summed E-state index contributed by atoms with van der Waals surface area (Å²) in [7, 11) is 0. The molecule has 0 saturated heterocycles. The second-order valence-corrected chi connectivity index (χ2v) is 7.47. The van der Waals surface area contributed by atoms with Crippen LogP contribution in [0.3, 0.4) is 0 Å². The number of ketones is 1.